The number of halogens is 1. The Labute approximate surface area is 117 Å². The third-order valence-corrected chi connectivity index (χ3v) is 3.22. The van der Waals surface area contributed by atoms with Gasteiger partial charge >= 0.3 is 0 Å². The molecule has 0 N–H and O–H groups in total. The molecule has 1 heterocycles. The predicted octanol–water partition coefficient (Wildman–Crippen LogP) is 2.59. The Balaban J connectivity index is 2.85. The molecule has 1 unspecified atom stereocenters. The number of carbonyl (C=O) groups excluding carboxylic acids is 1. The zero-order chi connectivity index (χ0) is 13.7. The zero-order valence-corrected chi connectivity index (χ0v) is 13.0. The molecule has 100 valence electrons. The number of carbonyl (C=O) groups is 1. The first-order chi connectivity index (χ1) is 8.45. The largest absolute Gasteiger partial charge is 0.342 e. The van der Waals surface area contributed by atoms with E-state index in [0.29, 0.717) is 10.4 Å². The van der Waals surface area contributed by atoms with Crippen molar-refractivity contribution in [2.24, 2.45) is 0 Å². The molecule has 1 aromatic heterocycles. The van der Waals surface area contributed by atoms with Gasteiger partial charge in [-0.05, 0) is 25.8 Å². The fourth-order valence-corrected chi connectivity index (χ4v) is 1.84. The molecular weight excluding hydrogens is 294 g/mol. The maximum atomic E-state index is 12.3. The van der Waals surface area contributed by atoms with Crippen LogP contribution >= 0.6 is 15.9 Å². The van der Waals surface area contributed by atoms with E-state index in [1.54, 1.807) is 4.90 Å². The second-order valence-electron chi connectivity index (χ2n) is 4.50. The molecule has 0 aromatic carbocycles. The van der Waals surface area contributed by atoms with Crippen molar-refractivity contribution >= 4 is 21.8 Å². The van der Waals surface area contributed by atoms with Gasteiger partial charge < -0.3 is 4.90 Å². The number of rotatable bonds is 5. The van der Waals surface area contributed by atoms with Crippen molar-refractivity contribution in [2.45, 2.75) is 38.4 Å². The highest BCUT2D eigenvalue weighted by molar-refractivity contribution is 9.09. The van der Waals surface area contributed by atoms with Gasteiger partial charge in [-0.2, -0.15) is 10.2 Å². The van der Waals surface area contributed by atoms with Crippen molar-refractivity contribution in [3.8, 4) is 0 Å². The highest BCUT2D eigenvalue weighted by atomic mass is 79.9. The van der Waals surface area contributed by atoms with Gasteiger partial charge in [0.2, 0.25) is 0 Å². The Morgan fingerprint density at radius 2 is 2.17 bits per heavy atom. The van der Waals surface area contributed by atoms with Crippen molar-refractivity contribution in [3.05, 3.63) is 23.0 Å². The van der Waals surface area contributed by atoms with Gasteiger partial charge in [-0.15, -0.1) is 0 Å². The summed E-state index contributed by atoms with van der Waals surface area (Å²) in [4.78, 5) is 14.5. The first-order valence-electron chi connectivity index (χ1n) is 6.18. The van der Waals surface area contributed by atoms with Crippen LogP contribution in [-0.2, 0) is 6.42 Å². The summed E-state index contributed by atoms with van der Waals surface area (Å²) in [5.74, 6) is 0.0259. The molecule has 4 nitrogen and oxygen atoms in total. The molecule has 0 radical (unpaired) electrons. The number of aromatic nitrogens is 2. The molecule has 0 spiro atoms. The van der Waals surface area contributed by atoms with Crippen molar-refractivity contribution in [1.82, 2.24) is 15.1 Å². The van der Waals surface area contributed by atoms with E-state index in [0.717, 1.165) is 30.8 Å². The van der Waals surface area contributed by atoms with Gasteiger partial charge in [0.15, 0.2) is 0 Å². The van der Waals surface area contributed by atoms with Crippen molar-refractivity contribution in [3.63, 3.8) is 0 Å². The zero-order valence-electron chi connectivity index (χ0n) is 11.4. The molecule has 0 saturated carbocycles. The average molecular weight is 314 g/mol. The molecule has 1 amide bonds. The summed E-state index contributed by atoms with van der Waals surface area (Å²) >= 11 is 3.49. The molecule has 1 aromatic rings. The van der Waals surface area contributed by atoms with E-state index in [-0.39, 0.29) is 5.91 Å². The summed E-state index contributed by atoms with van der Waals surface area (Å²) in [5.41, 5.74) is 2.22. The van der Waals surface area contributed by atoms with Crippen LogP contribution in [0.25, 0.3) is 0 Å². The minimum atomic E-state index is 0.0259. The van der Waals surface area contributed by atoms with Crippen molar-refractivity contribution < 1.29 is 4.79 Å². The highest BCUT2D eigenvalue weighted by Gasteiger charge is 2.17. The lowest BCUT2D eigenvalue weighted by Gasteiger charge is -2.19. The molecule has 0 aliphatic rings. The number of hydrogen-bond acceptors (Lipinski definition) is 3. The van der Waals surface area contributed by atoms with Crippen LogP contribution in [0.1, 0.15) is 42.0 Å². The van der Waals surface area contributed by atoms with Crippen LogP contribution in [0.15, 0.2) is 6.07 Å². The lowest BCUT2D eigenvalue weighted by atomic mass is 10.1. The predicted molar refractivity (Wildman–Crippen MR) is 76.1 cm³/mol. The van der Waals surface area contributed by atoms with E-state index in [9.17, 15) is 4.79 Å². The Hall–Kier alpha value is -0.970. The lowest BCUT2D eigenvalue weighted by Crippen LogP contribution is -2.30. The van der Waals surface area contributed by atoms with Gasteiger partial charge in [0, 0.05) is 18.4 Å². The first-order valence-corrected chi connectivity index (χ1v) is 7.10. The van der Waals surface area contributed by atoms with Gasteiger partial charge in [-0.1, -0.05) is 29.8 Å². The van der Waals surface area contributed by atoms with E-state index in [1.807, 2.05) is 27.0 Å². The summed E-state index contributed by atoms with van der Waals surface area (Å²) in [6.45, 7) is 6.64. The normalized spacial score (nSPS) is 12.3. The standard InChI is InChI=1S/C13H20BrN3O/c1-5-12-11(8-10(3)15-16-12)13(18)17(4)7-6-9(2)14/h8-9H,5-7H2,1-4H3. The van der Waals surface area contributed by atoms with Crippen molar-refractivity contribution in [2.75, 3.05) is 13.6 Å². The summed E-state index contributed by atoms with van der Waals surface area (Å²) < 4.78 is 0. The van der Waals surface area contributed by atoms with E-state index < -0.39 is 0 Å². The smallest absolute Gasteiger partial charge is 0.255 e. The van der Waals surface area contributed by atoms with E-state index in [1.165, 1.54) is 0 Å². The molecule has 1 atom stereocenters. The molecule has 0 saturated heterocycles. The van der Waals surface area contributed by atoms with Gasteiger partial charge in [-0.3, -0.25) is 4.79 Å². The molecule has 5 heteroatoms. The second kappa shape index (κ2) is 6.83. The molecule has 0 aliphatic carbocycles. The van der Waals surface area contributed by atoms with Crippen molar-refractivity contribution in [1.29, 1.82) is 0 Å². The Morgan fingerprint density at radius 1 is 1.50 bits per heavy atom. The maximum absolute atomic E-state index is 12.3. The number of hydrogen-bond donors (Lipinski definition) is 0. The molecule has 0 bridgehead atoms. The van der Waals surface area contributed by atoms with Crippen LogP contribution in [0, 0.1) is 6.92 Å². The van der Waals surface area contributed by atoms with Crippen LogP contribution in [0.5, 0.6) is 0 Å². The number of alkyl halides is 1. The average Bonchev–Trinajstić information content (AvgIpc) is 2.34. The monoisotopic (exact) mass is 313 g/mol. The summed E-state index contributed by atoms with van der Waals surface area (Å²) in [6.07, 6.45) is 1.65. The summed E-state index contributed by atoms with van der Waals surface area (Å²) in [7, 11) is 1.83. The Kier molecular flexibility index (Phi) is 5.72. The number of amides is 1. The van der Waals surface area contributed by atoms with E-state index in [2.05, 4.69) is 33.1 Å². The quantitative estimate of drug-likeness (QED) is 0.785. The minimum Gasteiger partial charge on any atom is -0.342 e. The number of nitrogens with zero attached hydrogens (tertiary/aromatic N) is 3. The van der Waals surface area contributed by atoms with Crippen LogP contribution < -0.4 is 0 Å². The second-order valence-corrected chi connectivity index (χ2v) is 6.06. The third kappa shape index (κ3) is 4.05. The topological polar surface area (TPSA) is 46.1 Å². The SMILES string of the molecule is CCc1nnc(C)cc1C(=O)N(C)CCC(C)Br. The summed E-state index contributed by atoms with van der Waals surface area (Å²) in [5, 5.41) is 8.09. The van der Waals surface area contributed by atoms with Crippen LogP contribution in [0.3, 0.4) is 0 Å². The summed E-state index contributed by atoms with van der Waals surface area (Å²) in [6, 6.07) is 1.82. The molecule has 1 rings (SSSR count). The van der Waals surface area contributed by atoms with Gasteiger partial charge in [0.05, 0.1) is 17.0 Å². The first kappa shape index (κ1) is 15.1. The van der Waals surface area contributed by atoms with E-state index >= 15 is 0 Å². The Morgan fingerprint density at radius 3 is 2.72 bits per heavy atom. The molecular formula is C13H20BrN3O. The molecule has 0 fully saturated rings. The maximum Gasteiger partial charge on any atom is 0.255 e. The van der Waals surface area contributed by atoms with Gasteiger partial charge in [0.1, 0.15) is 0 Å². The molecule has 18 heavy (non-hydrogen) atoms. The van der Waals surface area contributed by atoms with E-state index in [4.69, 9.17) is 0 Å². The van der Waals surface area contributed by atoms with Crippen LogP contribution in [0.4, 0.5) is 0 Å². The minimum absolute atomic E-state index is 0.0259. The Bertz CT molecular complexity index is 421. The van der Waals surface area contributed by atoms with Crippen LogP contribution in [-0.4, -0.2) is 39.4 Å². The fourth-order valence-electron chi connectivity index (χ4n) is 1.64. The van der Waals surface area contributed by atoms with Crippen LogP contribution in [0.2, 0.25) is 0 Å². The van der Waals surface area contributed by atoms with Gasteiger partial charge in [-0.25, -0.2) is 0 Å². The highest BCUT2D eigenvalue weighted by Crippen LogP contribution is 2.12. The third-order valence-electron chi connectivity index (χ3n) is 2.77. The number of aryl methyl sites for hydroxylation is 2. The fraction of sp³-hybridized carbons (Fsp3) is 0.615. The molecule has 0 aliphatic heterocycles. The van der Waals surface area contributed by atoms with Gasteiger partial charge in [0.25, 0.3) is 5.91 Å². The lowest BCUT2D eigenvalue weighted by molar-refractivity contribution is 0.0792.